The highest BCUT2D eigenvalue weighted by Gasteiger charge is 2.27. The lowest BCUT2D eigenvalue weighted by Gasteiger charge is -2.31. The summed E-state index contributed by atoms with van der Waals surface area (Å²) in [4.78, 5) is 2.44. The highest BCUT2D eigenvalue weighted by Crippen LogP contribution is 2.49. The summed E-state index contributed by atoms with van der Waals surface area (Å²) in [6.45, 7) is 0. The molecule has 0 spiro atoms. The molecule has 1 atom stereocenters. The van der Waals surface area contributed by atoms with E-state index in [1.165, 1.54) is 59.1 Å². The molecular weight excluding hydrogens is 687 g/mol. The molecule has 2 nitrogen and oxygen atoms in total. The van der Waals surface area contributed by atoms with E-state index in [2.05, 4.69) is 193 Å². The predicted octanol–water partition coefficient (Wildman–Crippen LogP) is 15.3. The Morgan fingerprint density at radius 3 is 2.07 bits per heavy atom. The Morgan fingerprint density at radius 1 is 0.491 bits per heavy atom. The molecule has 0 N–H and O–H groups in total. The summed E-state index contributed by atoms with van der Waals surface area (Å²) >= 11 is 1.86. The van der Waals surface area contributed by atoms with E-state index >= 15 is 0 Å². The van der Waals surface area contributed by atoms with Gasteiger partial charge in [0.15, 0.2) is 0 Å². The standard InChI is InChI=1S/C52H35NOS/c1-2-14-34(15-3-1)38-21-10-16-36-17-11-23-41(50(36)38)40-18-4-7-24-44(40)53(45-25-13-27-47-52(45)42-19-5-8-26-46(42)54-47)37-32-30-35(31-33-37)39-22-12-29-49-51(39)43-20-6-9-28-48(43)55-49/h1-20,22-33,38H,21H2. The van der Waals surface area contributed by atoms with Crippen molar-refractivity contribution in [1.82, 2.24) is 0 Å². The monoisotopic (exact) mass is 721 g/mol. The van der Waals surface area contributed by atoms with Crippen LogP contribution < -0.4 is 4.90 Å². The number of rotatable bonds is 6. The Balaban J connectivity index is 1.14. The number of fused-ring (bicyclic) bond motifs is 7. The second-order valence-electron chi connectivity index (χ2n) is 14.3. The van der Waals surface area contributed by atoms with Gasteiger partial charge in [-0.05, 0) is 88.3 Å². The highest BCUT2D eigenvalue weighted by atomic mass is 32.1. The van der Waals surface area contributed by atoms with Crippen molar-refractivity contribution in [2.24, 2.45) is 0 Å². The van der Waals surface area contributed by atoms with E-state index in [0.29, 0.717) is 0 Å². The fraction of sp³-hybridized carbons (Fsp3) is 0.0385. The van der Waals surface area contributed by atoms with E-state index in [1.807, 2.05) is 17.4 Å². The van der Waals surface area contributed by atoms with Gasteiger partial charge < -0.3 is 9.32 Å². The van der Waals surface area contributed by atoms with Gasteiger partial charge >= 0.3 is 0 Å². The van der Waals surface area contributed by atoms with Crippen molar-refractivity contribution in [3.63, 3.8) is 0 Å². The Kier molecular flexibility index (Phi) is 7.53. The van der Waals surface area contributed by atoms with Gasteiger partial charge in [-0.3, -0.25) is 0 Å². The zero-order valence-electron chi connectivity index (χ0n) is 30.0. The second kappa shape index (κ2) is 13.0. The summed E-state index contributed by atoms with van der Waals surface area (Å²) in [6, 6.07) is 66.1. The summed E-state index contributed by atoms with van der Waals surface area (Å²) < 4.78 is 9.11. The maximum atomic E-state index is 6.48. The average molecular weight is 722 g/mol. The van der Waals surface area contributed by atoms with E-state index in [1.54, 1.807) is 0 Å². The second-order valence-corrected chi connectivity index (χ2v) is 15.4. The van der Waals surface area contributed by atoms with Gasteiger partial charge in [0.1, 0.15) is 11.2 Å². The highest BCUT2D eigenvalue weighted by molar-refractivity contribution is 7.25. The van der Waals surface area contributed by atoms with Crippen LogP contribution in [0.25, 0.3) is 70.4 Å². The van der Waals surface area contributed by atoms with Crippen LogP contribution in [0.15, 0.2) is 192 Å². The van der Waals surface area contributed by atoms with Crippen molar-refractivity contribution < 1.29 is 4.42 Å². The molecule has 2 aromatic heterocycles. The molecule has 3 heteroatoms. The van der Waals surface area contributed by atoms with Crippen LogP contribution in [0.2, 0.25) is 0 Å². The first-order chi connectivity index (χ1) is 27.3. The van der Waals surface area contributed by atoms with Crippen LogP contribution >= 0.6 is 11.3 Å². The maximum absolute atomic E-state index is 6.48. The molecule has 0 amide bonds. The largest absolute Gasteiger partial charge is 0.456 e. The van der Waals surface area contributed by atoms with Crippen LogP contribution in [0.1, 0.15) is 29.0 Å². The van der Waals surface area contributed by atoms with Crippen LogP contribution in [-0.4, -0.2) is 0 Å². The van der Waals surface area contributed by atoms with Crippen LogP contribution in [0.5, 0.6) is 0 Å². The normalized spacial score (nSPS) is 13.9. The van der Waals surface area contributed by atoms with Gasteiger partial charge in [-0.2, -0.15) is 0 Å². The number of nitrogens with zero attached hydrogens (tertiary/aromatic N) is 1. The number of allylic oxidation sites excluding steroid dienone is 1. The van der Waals surface area contributed by atoms with Crippen LogP contribution in [0, 0.1) is 0 Å². The minimum atomic E-state index is 0.260. The fourth-order valence-electron chi connectivity index (χ4n) is 8.84. The van der Waals surface area contributed by atoms with Crippen LogP contribution in [0.4, 0.5) is 17.1 Å². The van der Waals surface area contributed by atoms with Crippen molar-refractivity contribution in [3.05, 3.63) is 205 Å². The zero-order chi connectivity index (χ0) is 36.3. The first-order valence-corrected chi connectivity index (χ1v) is 19.8. The smallest absolute Gasteiger partial charge is 0.137 e. The molecule has 11 rings (SSSR count). The Bertz CT molecular complexity index is 3080. The van der Waals surface area contributed by atoms with E-state index in [-0.39, 0.29) is 5.92 Å². The third-order valence-electron chi connectivity index (χ3n) is 11.3. The third kappa shape index (κ3) is 5.23. The average Bonchev–Trinajstić information content (AvgIpc) is 3.83. The molecule has 0 saturated heterocycles. The Morgan fingerprint density at radius 2 is 1.16 bits per heavy atom. The van der Waals surface area contributed by atoms with Crippen LogP contribution in [-0.2, 0) is 0 Å². The van der Waals surface area contributed by atoms with Crippen molar-refractivity contribution in [2.75, 3.05) is 4.90 Å². The van der Waals surface area contributed by atoms with Crippen LogP contribution in [0.3, 0.4) is 0 Å². The first kappa shape index (κ1) is 31.8. The minimum Gasteiger partial charge on any atom is -0.456 e. The molecule has 0 saturated carbocycles. The Labute approximate surface area is 323 Å². The first-order valence-electron chi connectivity index (χ1n) is 18.9. The molecule has 0 aliphatic heterocycles. The van der Waals surface area contributed by atoms with Crippen molar-refractivity contribution in [1.29, 1.82) is 0 Å². The number of anilines is 3. The predicted molar refractivity (Wildman–Crippen MR) is 234 cm³/mol. The summed E-state index contributed by atoms with van der Waals surface area (Å²) in [5.74, 6) is 0.260. The Hall–Kier alpha value is -6.68. The summed E-state index contributed by atoms with van der Waals surface area (Å²) in [7, 11) is 0. The number of thiophene rings is 1. The molecule has 0 radical (unpaired) electrons. The summed E-state index contributed by atoms with van der Waals surface area (Å²) in [6.07, 6.45) is 5.59. The van der Waals surface area contributed by atoms with E-state index in [9.17, 15) is 0 Å². The lowest BCUT2D eigenvalue weighted by atomic mass is 9.78. The lowest BCUT2D eigenvalue weighted by Crippen LogP contribution is -2.13. The molecule has 260 valence electrons. The number of hydrogen-bond acceptors (Lipinski definition) is 3. The molecule has 8 aromatic carbocycles. The summed E-state index contributed by atoms with van der Waals surface area (Å²) in [5, 5.41) is 4.84. The molecule has 0 fully saturated rings. The third-order valence-corrected chi connectivity index (χ3v) is 12.4. The fourth-order valence-corrected chi connectivity index (χ4v) is 9.97. The zero-order valence-corrected chi connectivity index (χ0v) is 30.8. The van der Waals surface area contributed by atoms with Gasteiger partial charge in [-0.15, -0.1) is 11.3 Å². The number of para-hydroxylation sites is 2. The molecule has 55 heavy (non-hydrogen) atoms. The number of benzene rings is 8. The maximum Gasteiger partial charge on any atom is 0.137 e. The van der Waals surface area contributed by atoms with Gasteiger partial charge in [0.25, 0.3) is 0 Å². The molecule has 2 heterocycles. The van der Waals surface area contributed by atoms with Gasteiger partial charge in [0, 0.05) is 42.7 Å². The van der Waals surface area contributed by atoms with E-state index in [4.69, 9.17) is 4.42 Å². The quantitative estimate of drug-likeness (QED) is 0.170. The molecular formula is C52H35NOS. The lowest BCUT2D eigenvalue weighted by molar-refractivity contribution is 0.669. The van der Waals surface area contributed by atoms with Gasteiger partial charge in [0.2, 0.25) is 0 Å². The van der Waals surface area contributed by atoms with E-state index in [0.717, 1.165) is 45.4 Å². The van der Waals surface area contributed by atoms with Crippen molar-refractivity contribution in [2.45, 2.75) is 12.3 Å². The van der Waals surface area contributed by atoms with Crippen molar-refractivity contribution >= 4 is 76.6 Å². The number of hydrogen-bond donors (Lipinski definition) is 0. The van der Waals surface area contributed by atoms with E-state index < -0.39 is 0 Å². The minimum absolute atomic E-state index is 0.260. The van der Waals surface area contributed by atoms with Gasteiger partial charge in [0.05, 0.1) is 16.8 Å². The van der Waals surface area contributed by atoms with Crippen molar-refractivity contribution in [3.8, 4) is 22.3 Å². The van der Waals surface area contributed by atoms with Gasteiger partial charge in [-0.1, -0.05) is 146 Å². The molecule has 1 aliphatic carbocycles. The summed E-state index contributed by atoms with van der Waals surface area (Å²) in [5.41, 5.74) is 14.0. The molecule has 10 aromatic rings. The SMILES string of the molecule is C1=Cc2cccc(-c3ccccc3N(c3ccc(-c4cccc5sc6ccccc6c45)cc3)c3cccc4oc5ccccc5c34)c2C(c2ccccc2)C1. The molecule has 1 unspecified atom stereocenters. The topological polar surface area (TPSA) is 16.4 Å². The van der Waals surface area contributed by atoms with Gasteiger partial charge in [-0.25, -0.2) is 0 Å². The number of furan rings is 1. The molecule has 0 bridgehead atoms. The molecule has 1 aliphatic rings.